The van der Waals surface area contributed by atoms with Crippen molar-refractivity contribution in [2.24, 2.45) is 10.9 Å². The summed E-state index contributed by atoms with van der Waals surface area (Å²) in [6.07, 6.45) is 3.50. The number of aliphatic imine (C=N–C) groups is 1. The summed E-state index contributed by atoms with van der Waals surface area (Å²) >= 11 is 1.59. The van der Waals surface area contributed by atoms with Crippen LogP contribution in [0.2, 0.25) is 0 Å². The quantitative estimate of drug-likeness (QED) is 0.294. The Morgan fingerprint density at radius 2 is 1.97 bits per heavy atom. The van der Waals surface area contributed by atoms with Gasteiger partial charge in [-0.25, -0.2) is 0 Å². The number of hydrogen-bond donors (Lipinski definition) is 0. The van der Waals surface area contributed by atoms with Gasteiger partial charge in [-0.05, 0) is 48.9 Å². The minimum absolute atomic E-state index is 0.172. The Kier molecular flexibility index (Phi) is 8.15. The predicted molar refractivity (Wildman–Crippen MR) is 110 cm³/mol. The largest absolute Gasteiger partial charge is 0.461 e. The van der Waals surface area contributed by atoms with E-state index in [9.17, 15) is 18.0 Å². The number of rotatable bonds is 9. The summed E-state index contributed by atoms with van der Waals surface area (Å²) in [4.78, 5) is 17.3. The molecule has 0 saturated heterocycles. The van der Waals surface area contributed by atoms with Gasteiger partial charge >= 0.3 is 6.18 Å². The number of alkyl halides is 3. The van der Waals surface area contributed by atoms with E-state index in [0.29, 0.717) is 11.3 Å². The number of halogens is 3. The van der Waals surface area contributed by atoms with E-state index in [4.69, 9.17) is 10.8 Å². The Morgan fingerprint density at radius 1 is 1.28 bits per heavy atom. The Labute approximate surface area is 172 Å². The number of hydrogen-bond acceptors (Lipinski definition) is 4. The molecular formula is C22H22F3NO2S. The topological polar surface area (TPSA) is 42.6 Å². The van der Waals surface area contributed by atoms with Crippen LogP contribution in [0.4, 0.5) is 13.2 Å². The maximum absolute atomic E-state index is 12.9. The van der Waals surface area contributed by atoms with E-state index in [1.807, 2.05) is 6.92 Å². The molecule has 2 aromatic rings. The zero-order chi connectivity index (χ0) is 21.4. The molecule has 29 heavy (non-hydrogen) atoms. The number of furan rings is 1. The number of nitrogens with zero attached hydrogens (tertiary/aromatic N) is 1. The summed E-state index contributed by atoms with van der Waals surface area (Å²) in [6, 6.07) is 7.78. The van der Waals surface area contributed by atoms with Gasteiger partial charge in [0.25, 0.3) is 0 Å². The van der Waals surface area contributed by atoms with Gasteiger partial charge in [-0.3, -0.25) is 9.79 Å². The van der Waals surface area contributed by atoms with Crippen LogP contribution in [0.5, 0.6) is 0 Å². The number of carbonyl (C=O) groups excluding carboxylic acids is 1. The van der Waals surface area contributed by atoms with Gasteiger partial charge < -0.3 is 4.42 Å². The van der Waals surface area contributed by atoms with Gasteiger partial charge in [0.1, 0.15) is 0 Å². The van der Waals surface area contributed by atoms with E-state index in [1.165, 1.54) is 18.4 Å². The molecule has 0 amide bonds. The highest BCUT2D eigenvalue weighted by Gasteiger charge is 2.31. The van der Waals surface area contributed by atoms with Crippen LogP contribution < -0.4 is 0 Å². The van der Waals surface area contributed by atoms with Crippen LogP contribution in [-0.4, -0.2) is 29.0 Å². The van der Waals surface area contributed by atoms with Crippen molar-refractivity contribution in [1.82, 2.24) is 0 Å². The summed E-state index contributed by atoms with van der Waals surface area (Å²) in [5.74, 6) is 2.72. The van der Waals surface area contributed by atoms with Gasteiger partial charge in [0, 0.05) is 0 Å². The molecule has 7 heteroatoms. The molecule has 2 atom stereocenters. The zero-order valence-corrected chi connectivity index (χ0v) is 17.0. The normalized spacial score (nSPS) is 14.3. The maximum atomic E-state index is 12.9. The SMILES string of the molecule is C#CC(CN=C(c1ccc(C(F)(F)F)cc1)C(C)C(=O)c1ccco1)SCCC. The van der Waals surface area contributed by atoms with Crippen molar-refractivity contribution < 1.29 is 22.4 Å². The predicted octanol–water partition coefficient (Wildman–Crippen LogP) is 5.75. The van der Waals surface area contributed by atoms with Crippen LogP contribution in [-0.2, 0) is 6.18 Å². The molecule has 0 saturated carbocycles. The highest BCUT2D eigenvalue weighted by atomic mass is 32.2. The molecule has 0 radical (unpaired) electrons. The van der Waals surface area contributed by atoms with Crippen molar-refractivity contribution in [3.63, 3.8) is 0 Å². The summed E-state index contributed by atoms with van der Waals surface area (Å²) in [5.41, 5.74) is 0.0739. The third-order valence-electron chi connectivity index (χ3n) is 4.21. The Balaban J connectivity index is 2.35. The van der Waals surface area contributed by atoms with E-state index in [1.54, 1.807) is 30.8 Å². The molecule has 154 valence electrons. The van der Waals surface area contributed by atoms with Gasteiger partial charge in [-0.2, -0.15) is 13.2 Å². The van der Waals surface area contributed by atoms with Gasteiger partial charge in [0.15, 0.2) is 5.76 Å². The minimum atomic E-state index is -4.43. The fraction of sp³-hybridized carbons (Fsp3) is 0.364. The van der Waals surface area contributed by atoms with Crippen molar-refractivity contribution in [2.45, 2.75) is 31.7 Å². The Morgan fingerprint density at radius 3 is 2.48 bits per heavy atom. The first-order valence-electron chi connectivity index (χ1n) is 9.15. The molecule has 0 aliphatic heterocycles. The molecule has 0 spiro atoms. The molecule has 0 N–H and O–H groups in total. The van der Waals surface area contributed by atoms with Crippen molar-refractivity contribution >= 4 is 23.3 Å². The smallest absolute Gasteiger partial charge is 0.416 e. The number of carbonyl (C=O) groups is 1. The molecule has 1 aromatic carbocycles. The number of benzene rings is 1. The highest BCUT2D eigenvalue weighted by Crippen LogP contribution is 2.29. The second-order valence-corrected chi connectivity index (χ2v) is 7.70. The van der Waals surface area contributed by atoms with Crippen molar-refractivity contribution in [1.29, 1.82) is 0 Å². The second kappa shape index (κ2) is 10.4. The third-order valence-corrected chi connectivity index (χ3v) is 5.54. The second-order valence-electron chi connectivity index (χ2n) is 6.39. The monoisotopic (exact) mass is 421 g/mol. The Hall–Kier alpha value is -2.46. The van der Waals surface area contributed by atoms with Crippen LogP contribution >= 0.6 is 11.8 Å². The first-order chi connectivity index (χ1) is 13.8. The van der Waals surface area contributed by atoms with Crippen molar-refractivity contribution in [2.75, 3.05) is 12.3 Å². The first-order valence-corrected chi connectivity index (χ1v) is 10.2. The average Bonchev–Trinajstić information content (AvgIpc) is 3.24. The lowest BCUT2D eigenvalue weighted by Gasteiger charge is -2.16. The van der Waals surface area contributed by atoms with E-state index < -0.39 is 17.7 Å². The molecule has 1 heterocycles. The van der Waals surface area contributed by atoms with Gasteiger partial charge in [-0.15, -0.1) is 18.2 Å². The highest BCUT2D eigenvalue weighted by molar-refractivity contribution is 8.00. The lowest BCUT2D eigenvalue weighted by molar-refractivity contribution is -0.137. The lowest BCUT2D eigenvalue weighted by Crippen LogP contribution is -2.23. The van der Waals surface area contributed by atoms with Crippen LogP contribution in [0, 0.1) is 18.3 Å². The van der Waals surface area contributed by atoms with Gasteiger partial charge in [-0.1, -0.05) is 25.0 Å². The van der Waals surface area contributed by atoms with E-state index in [0.717, 1.165) is 24.3 Å². The maximum Gasteiger partial charge on any atom is 0.416 e. The fourth-order valence-corrected chi connectivity index (χ4v) is 3.46. The Bertz CT molecular complexity index is 865. The molecule has 0 aliphatic rings. The fourth-order valence-electron chi connectivity index (χ4n) is 2.66. The summed E-state index contributed by atoms with van der Waals surface area (Å²) < 4.78 is 43.8. The van der Waals surface area contributed by atoms with Gasteiger partial charge in [0.2, 0.25) is 5.78 Å². The minimum Gasteiger partial charge on any atom is -0.461 e. The molecular weight excluding hydrogens is 399 g/mol. The average molecular weight is 421 g/mol. The van der Waals surface area contributed by atoms with E-state index >= 15 is 0 Å². The lowest BCUT2D eigenvalue weighted by atomic mass is 9.92. The number of terminal acetylenes is 1. The van der Waals surface area contributed by atoms with Crippen LogP contribution in [0.1, 0.15) is 41.9 Å². The summed E-state index contributed by atoms with van der Waals surface area (Å²) in [5, 5.41) is -0.176. The molecule has 2 rings (SSSR count). The number of ketones is 1. The molecule has 0 bridgehead atoms. The summed E-state index contributed by atoms with van der Waals surface area (Å²) in [6.45, 7) is 3.97. The molecule has 0 aliphatic carbocycles. The molecule has 2 unspecified atom stereocenters. The van der Waals surface area contributed by atoms with Crippen LogP contribution in [0.25, 0.3) is 0 Å². The van der Waals surface area contributed by atoms with Crippen molar-refractivity contribution in [3.8, 4) is 12.3 Å². The standard InChI is InChI=1S/C22H22F3NO2S/c1-4-13-29-18(5-2)14-26-20(15(3)21(27)19-7-6-12-28-19)16-8-10-17(11-9-16)22(23,24)25/h2,6-12,15,18H,4,13-14H2,1,3H3. The van der Waals surface area contributed by atoms with Crippen LogP contribution in [0.15, 0.2) is 52.1 Å². The van der Waals surface area contributed by atoms with Gasteiger partial charge in [0.05, 0.1) is 35.3 Å². The third kappa shape index (κ3) is 6.26. The van der Waals surface area contributed by atoms with Crippen LogP contribution in [0.3, 0.4) is 0 Å². The number of Topliss-reactive ketones (excluding diaryl/α,β-unsaturated/α-hetero) is 1. The van der Waals surface area contributed by atoms with E-state index in [-0.39, 0.29) is 23.3 Å². The first kappa shape index (κ1) is 22.8. The van der Waals surface area contributed by atoms with E-state index in [2.05, 4.69) is 10.9 Å². The molecule has 1 aromatic heterocycles. The molecule has 3 nitrogen and oxygen atoms in total. The zero-order valence-electron chi connectivity index (χ0n) is 16.2. The molecule has 0 fully saturated rings. The number of thioether (sulfide) groups is 1. The van der Waals surface area contributed by atoms with Crippen molar-refractivity contribution in [3.05, 3.63) is 59.5 Å². The summed E-state index contributed by atoms with van der Waals surface area (Å²) in [7, 11) is 0.